The van der Waals surface area contributed by atoms with E-state index in [1.54, 1.807) is 0 Å². The van der Waals surface area contributed by atoms with Crippen LogP contribution in [-0.4, -0.2) is 23.3 Å². The molecule has 0 aromatic heterocycles. The lowest BCUT2D eigenvalue weighted by atomic mass is 10.1. The fourth-order valence-electron chi connectivity index (χ4n) is 2.38. The van der Waals surface area contributed by atoms with Gasteiger partial charge in [0.2, 0.25) is 5.91 Å². The molecule has 2 amide bonds. The first-order valence-corrected chi connectivity index (χ1v) is 8.63. The van der Waals surface area contributed by atoms with Gasteiger partial charge in [0.1, 0.15) is 17.3 Å². The maximum Gasteiger partial charge on any atom is 0.416 e. The van der Waals surface area contributed by atoms with Gasteiger partial charge < -0.3 is 5.32 Å². The van der Waals surface area contributed by atoms with Crippen LogP contribution < -0.4 is 16.2 Å². The van der Waals surface area contributed by atoms with E-state index in [0.717, 1.165) is 18.2 Å². The number of nitrogens with one attached hydrogen (secondary N) is 3. The zero-order chi connectivity index (χ0) is 23.2. The average Bonchev–Trinajstić information content (AvgIpc) is 2.68. The van der Waals surface area contributed by atoms with E-state index in [-0.39, 0.29) is 30.6 Å². The van der Waals surface area contributed by atoms with Crippen molar-refractivity contribution in [1.82, 2.24) is 10.7 Å². The second-order valence-corrected chi connectivity index (χ2v) is 6.14. The number of carbonyl (C=O) groups excluding carboxylic acids is 2. The maximum absolute atomic E-state index is 13.5. The van der Waals surface area contributed by atoms with Crippen molar-refractivity contribution in [2.24, 2.45) is 0 Å². The van der Waals surface area contributed by atoms with Crippen LogP contribution in [0.4, 0.5) is 33.3 Å². The molecule has 0 atom stereocenters. The van der Waals surface area contributed by atoms with E-state index in [0.29, 0.717) is 18.2 Å². The molecule has 31 heavy (non-hydrogen) atoms. The second kappa shape index (κ2) is 9.82. The first-order valence-electron chi connectivity index (χ1n) is 8.63. The van der Waals surface area contributed by atoms with Gasteiger partial charge in [-0.2, -0.15) is 13.2 Å². The number of anilines is 1. The highest BCUT2D eigenvalue weighted by molar-refractivity contribution is 5.94. The zero-order valence-electron chi connectivity index (χ0n) is 15.6. The zero-order valence-corrected chi connectivity index (χ0v) is 15.6. The molecule has 0 radical (unpaired) electrons. The fraction of sp³-hybridized carbons (Fsp3) is 0.222. The highest BCUT2D eigenvalue weighted by Crippen LogP contribution is 2.34. The van der Waals surface area contributed by atoms with E-state index < -0.39 is 45.8 Å². The molecule has 13 heteroatoms. The molecule has 0 heterocycles. The third-order valence-corrected chi connectivity index (χ3v) is 3.90. The second-order valence-electron chi connectivity index (χ2n) is 6.14. The normalized spacial score (nSPS) is 11.0. The number of hydrogen-bond acceptors (Lipinski definition) is 5. The number of halogens is 5. The largest absolute Gasteiger partial charge is 0.416 e. The van der Waals surface area contributed by atoms with Gasteiger partial charge in [0.15, 0.2) is 0 Å². The number of amides is 2. The number of carbonyl (C=O) groups is 2. The molecular weight excluding hydrogens is 431 g/mol. The molecule has 0 aliphatic heterocycles. The summed E-state index contributed by atoms with van der Waals surface area (Å²) in [5, 5.41) is 13.3. The minimum absolute atomic E-state index is 0.0382. The predicted molar refractivity (Wildman–Crippen MR) is 97.8 cm³/mol. The molecule has 3 N–H and O–H groups in total. The van der Waals surface area contributed by atoms with Gasteiger partial charge in [-0.05, 0) is 30.7 Å². The van der Waals surface area contributed by atoms with Gasteiger partial charge in [-0.15, -0.1) is 0 Å². The molecule has 0 unspecified atom stereocenters. The molecule has 166 valence electrons. The van der Waals surface area contributed by atoms with Crippen LogP contribution in [0.15, 0.2) is 36.4 Å². The van der Waals surface area contributed by atoms with Crippen molar-refractivity contribution in [1.29, 1.82) is 0 Å². The van der Waals surface area contributed by atoms with E-state index in [2.05, 4.69) is 16.2 Å². The number of benzene rings is 2. The monoisotopic (exact) mass is 446 g/mol. The van der Waals surface area contributed by atoms with Gasteiger partial charge in [-0.1, -0.05) is 0 Å². The summed E-state index contributed by atoms with van der Waals surface area (Å²) < 4.78 is 64.4. The Labute approximate surface area is 171 Å². The Bertz CT molecular complexity index is 997. The van der Waals surface area contributed by atoms with Gasteiger partial charge in [-0.25, -0.2) is 8.78 Å². The van der Waals surface area contributed by atoms with Crippen LogP contribution in [0, 0.1) is 21.7 Å². The summed E-state index contributed by atoms with van der Waals surface area (Å²) in [6, 6.07) is 4.18. The van der Waals surface area contributed by atoms with Crippen LogP contribution in [0.2, 0.25) is 0 Å². The van der Waals surface area contributed by atoms with Crippen LogP contribution in [-0.2, 0) is 11.0 Å². The molecule has 0 saturated carbocycles. The summed E-state index contributed by atoms with van der Waals surface area (Å²) in [7, 11) is 0. The lowest BCUT2D eigenvalue weighted by Gasteiger charge is -2.11. The molecule has 0 fully saturated rings. The Hall–Kier alpha value is -3.77. The fourth-order valence-corrected chi connectivity index (χ4v) is 2.38. The summed E-state index contributed by atoms with van der Waals surface area (Å²) in [4.78, 5) is 33.5. The van der Waals surface area contributed by atoms with Crippen molar-refractivity contribution in [3.8, 4) is 0 Å². The predicted octanol–water partition coefficient (Wildman–Crippen LogP) is 3.55. The number of nitrogens with zero attached hydrogens (tertiary/aromatic N) is 1. The number of hydrazine groups is 1. The van der Waals surface area contributed by atoms with Crippen molar-refractivity contribution in [2.75, 3.05) is 12.0 Å². The van der Waals surface area contributed by atoms with E-state index in [4.69, 9.17) is 0 Å². The first-order chi connectivity index (χ1) is 14.5. The van der Waals surface area contributed by atoms with Crippen LogP contribution in [0.1, 0.15) is 28.8 Å². The molecule has 8 nitrogen and oxygen atoms in total. The maximum atomic E-state index is 13.5. The number of alkyl halides is 3. The molecule has 2 rings (SSSR count). The molecule has 0 saturated heterocycles. The topological polar surface area (TPSA) is 113 Å². The average molecular weight is 446 g/mol. The highest BCUT2D eigenvalue weighted by Gasteiger charge is 2.33. The van der Waals surface area contributed by atoms with E-state index >= 15 is 0 Å². The lowest BCUT2D eigenvalue weighted by molar-refractivity contribution is -0.384. The minimum atomic E-state index is -4.77. The third-order valence-electron chi connectivity index (χ3n) is 3.90. The smallest absolute Gasteiger partial charge is 0.352 e. The summed E-state index contributed by atoms with van der Waals surface area (Å²) in [6.07, 6.45) is -4.85. The Morgan fingerprint density at radius 2 is 1.77 bits per heavy atom. The van der Waals surface area contributed by atoms with Crippen LogP contribution in [0.25, 0.3) is 0 Å². The SMILES string of the molecule is O=C(CCCNC(=O)c1ccc(F)cc1F)NNc1ccc(C(F)(F)F)cc1[N+](=O)[O-]. The van der Waals surface area contributed by atoms with Gasteiger partial charge in [-0.3, -0.25) is 30.6 Å². The van der Waals surface area contributed by atoms with E-state index in [1.807, 2.05) is 0 Å². The van der Waals surface area contributed by atoms with Crippen LogP contribution >= 0.6 is 0 Å². The number of hydrogen-bond donors (Lipinski definition) is 3. The molecule has 0 aliphatic carbocycles. The third kappa shape index (κ3) is 6.62. The number of nitro groups is 1. The molecule has 0 bridgehead atoms. The van der Waals surface area contributed by atoms with Crippen LogP contribution in [0.3, 0.4) is 0 Å². The number of rotatable bonds is 8. The summed E-state index contributed by atoms with van der Waals surface area (Å²) in [6.45, 7) is -0.0382. The molecular formula is C18H15F5N4O4. The van der Waals surface area contributed by atoms with Crippen molar-refractivity contribution in [3.05, 3.63) is 69.3 Å². The van der Waals surface area contributed by atoms with E-state index in [1.165, 1.54) is 0 Å². The summed E-state index contributed by atoms with van der Waals surface area (Å²) in [5.74, 6) is -3.36. The van der Waals surface area contributed by atoms with Gasteiger partial charge in [0, 0.05) is 25.1 Å². The molecule has 2 aromatic carbocycles. The Kier molecular flexibility index (Phi) is 7.45. The van der Waals surface area contributed by atoms with Crippen molar-refractivity contribution in [3.63, 3.8) is 0 Å². The quantitative estimate of drug-likeness (QED) is 0.249. The first kappa shape index (κ1) is 23.5. The Morgan fingerprint density at radius 1 is 1.06 bits per heavy atom. The summed E-state index contributed by atoms with van der Waals surface area (Å²) >= 11 is 0. The number of nitro benzene ring substituents is 1. The van der Waals surface area contributed by atoms with Gasteiger partial charge >= 0.3 is 6.18 Å². The highest BCUT2D eigenvalue weighted by atomic mass is 19.4. The molecule has 2 aromatic rings. The van der Waals surface area contributed by atoms with Gasteiger partial charge in [0.25, 0.3) is 11.6 Å². The van der Waals surface area contributed by atoms with Crippen molar-refractivity contribution < 1.29 is 36.5 Å². The Balaban J connectivity index is 1.83. The van der Waals surface area contributed by atoms with E-state index in [9.17, 15) is 41.7 Å². The van der Waals surface area contributed by atoms with Crippen molar-refractivity contribution in [2.45, 2.75) is 19.0 Å². The van der Waals surface area contributed by atoms with Crippen molar-refractivity contribution >= 4 is 23.2 Å². The van der Waals surface area contributed by atoms with Gasteiger partial charge in [0.05, 0.1) is 16.1 Å². The lowest BCUT2D eigenvalue weighted by Crippen LogP contribution is -2.31. The Morgan fingerprint density at radius 3 is 2.39 bits per heavy atom. The standard InChI is InChI=1S/C18H15F5N4O4/c19-11-4-5-12(13(20)9-11)17(29)24-7-1-2-16(28)26-25-14-6-3-10(18(21,22)23)8-15(14)27(30)31/h3-6,8-9,25H,1-2,7H2,(H,24,29)(H,26,28). The molecule has 0 spiro atoms. The summed E-state index contributed by atoms with van der Waals surface area (Å²) in [5.41, 5.74) is 1.45. The van der Waals surface area contributed by atoms with Crippen LogP contribution in [0.5, 0.6) is 0 Å². The minimum Gasteiger partial charge on any atom is -0.352 e. The molecule has 0 aliphatic rings.